The van der Waals surface area contributed by atoms with Gasteiger partial charge in [-0.1, -0.05) is 74.7 Å². The second-order valence-electron chi connectivity index (χ2n) is 8.06. The van der Waals surface area contributed by atoms with Crippen LogP contribution in [0.5, 0.6) is 0 Å². The maximum Gasteiger partial charge on any atom is 0.112 e. The normalized spacial score (nSPS) is 16.8. The Morgan fingerprint density at radius 2 is 1.77 bits per heavy atom. The number of rotatable bonds is 9. The van der Waals surface area contributed by atoms with Gasteiger partial charge < -0.3 is 4.98 Å². The van der Waals surface area contributed by atoms with Crippen LogP contribution in [0.4, 0.5) is 0 Å². The molecule has 0 fully saturated rings. The van der Waals surface area contributed by atoms with Gasteiger partial charge in [0, 0.05) is 17.5 Å². The highest BCUT2D eigenvalue weighted by Crippen LogP contribution is 2.40. The summed E-state index contributed by atoms with van der Waals surface area (Å²) in [5.41, 5.74) is 1.33. The summed E-state index contributed by atoms with van der Waals surface area (Å²) in [6.45, 7) is 18.6. The zero-order valence-corrected chi connectivity index (χ0v) is 16.2. The molecule has 0 saturated heterocycles. The molecule has 0 spiro atoms. The lowest BCUT2D eigenvalue weighted by Crippen LogP contribution is -2.34. The van der Waals surface area contributed by atoms with Crippen molar-refractivity contribution in [3.8, 4) is 0 Å². The maximum absolute atomic E-state index is 4.99. The largest absolute Gasteiger partial charge is 0.348 e. The third-order valence-corrected chi connectivity index (χ3v) is 5.80. The quantitative estimate of drug-likeness (QED) is 0.570. The fourth-order valence-electron chi connectivity index (χ4n) is 3.48. The molecule has 2 heteroatoms. The molecule has 3 atom stereocenters. The predicted octanol–water partition coefficient (Wildman–Crippen LogP) is 6.30. The first-order chi connectivity index (χ1) is 10.3. The monoisotopic (exact) mass is 306 g/mol. The number of unbranched alkanes of at least 4 members (excludes halogenated alkanes) is 1. The minimum absolute atomic E-state index is 0.111. The zero-order chi connectivity index (χ0) is 16.9. The van der Waals surface area contributed by atoms with E-state index in [0.717, 1.165) is 5.92 Å². The van der Waals surface area contributed by atoms with Crippen LogP contribution < -0.4 is 0 Å². The van der Waals surface area contributed by atoms with Crippen LogP contribution in [0.25, 0.3) is 0 Å². The molecule has 0 bridgehead atoms. The molecule has 0 radical (unpaired) electrons. The van der Waals surface area contributed by atoms with E-state index in [4.69, 9.17) is 4.98 Å². The molecule has 1 N–H and O–H groups in total. The number of nitrogens with one attached hydrogen (secondary N) is 1. The van der Waals surface area contributed by atoms with E-state index in [1.165, 1.54) is 37.2 Å². The Labute approximate surface area is 138 Å². The average Bonchev–Trinajstić information content (AvgIpc) is 2.96. The van der Waals surface area contributed by atoms with Crippen LogP contribution in [-0.4, -0.2) is 9.97 Å². The smallest absolute Gasteiger partial charge is 0.112 e. The minimum Gasteiger partial charge on any atom is -0.348 e. The summed E-state index contributed by atoms with van der Waals surface area (Å²) in [7, 11) is 0. The van der Waals surface area contributed by atoms with E-state index >= 15 is 0 Å². The van der Waals surface area contributed by atoms with Crippen LogP contribution in [0.1, 0.15) is 98.5 Å². The zero-order valence-electron chi connectivity index (χ0n) is 16.2. The van der Waals surface area contributed by atoms with Crippen LogP contribution >= 0.6 is 0 Å². The highest BCUT2D eigenvalue weighted by molar-refractivity contribution is 5.15. The first kappa shape index (κ1) is 19.3. The molecule has 0 aliphatic rings. The summed E-state index contributed by atoms with van der Waals surface area (Å²) in [5, 5.41) is 0. The molecular weight excluding hydrogens is 268 g/mol. The van der Waals surface area contributed by atoms with Gasteiger partial charge in [0.25, 0.3) is 0 Å². The maximum atomic E-state index is 4.99. The van der Waals surface area contributed by atoms with Crippen molar-refractivity contribution in [2.24, 2.45) is 17.8 Å². The highest BCUT2D eigenvalue weighted by atomic mass is 14.9. The van der Waals surface area contributed by atoms with Crippen molar-refractivity contribution in [2.45, 2.75) is 92.4 Å². The minimum atomic E-state index is 0.111. The molecule has 0 aliphatic heterocycles. The van der Waals surface area contributed by atoms with Gasteiger partial charge in [0.2, 0.25) is 0 Å². The second kappa shape index (κ2) is 8.17. The standard InChI is InChI=1S/C20H38N2/c1-9-11-12-17(15(5)10-2)20(7,8)19-21-13-18(22-19)16(6)14(3)4/h13-17H,9-12H2,1-8H3,(H,21,22). The summed E-state index contributed by atoms with van der Waals surface area (Å²) in [5.74, 6) is 3.74. The Morgan fingerprint density at radius 3 is 2.27 bits per heavy atom. The molecule has 0 saturated carbocycles. The lowest BCUT2D eigenvalue weighted by Gasteiger charge is -2.37. The van der Waals surface area contributed by atoms with Gasteiger partial charge in [-0.2, -0.15) is 0 Å². The molecular formula is C20H38N2. The number of aromatic amines is 1. The molecule has 1 aromatic heterocycles. The molecule has 128 valence electrons. The van der Waals surface area contributed by atoms with Gasteiger partial charge in [-0.15, -0.1) is 0 Å². The molecule has 1 heterocycles. The third-order valence-electron chi connectivity index (χ3n) is 5.80. The van der Waals surface area contributed by atoms with Gasteiger partial charge >= 0.3 is 0 Å². The number of hydrogen-bond acceptors (Lipinski definition) is 1. The number of H-pyrrole nitrogens is 1. The summed E-state index contributed by atoms with van der Waals surface area (Å²) in [6.07, 6.45) is 7.27. The van der Waals surface area contributed by atoms with Crippen molar-refractivity contribution in [1.82, 2.24) is 9.97 Å². The predicted molar refractivity (Wildman–Crippen MR) is 97.3 cm³/mol. The Hall–Kier alpha value is -0.790. The summed E-state index contributed by atoms with van der Waals surface area (Å²) in [4.78, 5) is 8.50. The first-order valence-corrected chi connectivity index (χ1v) is 9.31. The summed E-state index contributed by atoms with van der Waals surface area (Å²) in [6, 6.07) is 0. The van der Waals surface area contributed by atoms with E-state index < -0.39 is 0 Å². The number of aromatic nitrogens is 2. The Balaban J connectivity index is 3.03. The fraction of sp³-hybridized carbons (Fsp3) is 0.850. The topological polar surface area (TPSA) is 28.7 Å². The van der Waals surface area contributed by atoms with Crippen molar-refractivity contribution in [2.75, 3.05) is 0 Å². The van der Waals surface area contributed by atoms with Crippen molar-refractivity contribution in [3.63, 3.8) is 0 Å². The van der Waals surface area contributed by atoms with E-state index in [1.54, 1.807) is 0 Å². The van der Waals surface area contributed by atoms with E-state index in [1.807, 2.05) is 0 Å². The van der Waals surface area contributed by atoms with Crippen LogP contribution in [0.15, 0.2) is 6.20 Å². The van der Waals surface area contributed by atoms with Crippen molar-refractivity contribution < 1.29 is 0 Å². The molecule has 0 aromatic carbocycles. The third kappa shape index (κ3) is 4.36. The van der Waals surface area contributed by atoms with Crippen molar-refractivity contribution in [1.29, 1.82) is 0 Å². The lowest BCUT2D eigenvalue weighted by atomic mass is 9.69. The van der Waals surface area contributed by atoms with Crippen molar-refractivity contribution in [3.05, 3.63) is 17.7 Å². The SMILES string of the molecule is CCCCC(C(C)CC)C(C)(C)c1nc(C(C)C(C)C)c[nH]1. The van der Waals surface area contributed by atoms with E-state index in [0.29, 0.717) is 17.8 Å². The number of nitrogens with zero attached hydrogens (tertiary/aromatic N) is 1. The summed E-state index contributed by atoms with van der Waals surface area (Å²) >= 11 is 0. The molecule has 3 unspecified atom stereocenters. The second-order valence-corrected chi connectivity index (χ2v) is 8.06. The lowest BCUT2D eigenvalue weighted by molar-refractivity contribution is 0.194. The highest BCUT2D eigenvalue weighted by Gasteiger charge is 2.36. The van der Waals surface area contributed by atoms with Gasteiger partial charge in [0.15, 0.2) is 0 Å². The fourth-order valence-corrected chi connectivity index (χ4v) is 3.48. The van der Waals surface area contributed by atoms with E-state index in [-0.39, 0.29) is 5.41 Å². The van der Waals surface area contributed by atoms with E-state index in [2.05, 4.69) is 66.6 Å². The molecule has 1 rings (SSSR count). The van der Waals surface area contributed by atoms with E-state index in [9.17, 15) is 0 Å². The molecule has 0 amide bonds. The Kier molecular flexibility index (Phi) is 7.15. The summed E-state index contributed by atoms with van der Waals surface area (Å²) < 4.78 is 0. The Bertz CT molecular complexity index is 431. The van der Waals surface area contributed by atoms with Gasteiger partial charge in [0.05, 0.1) is 5.69 Å². The van der Waals surface area contributed by atoms with Crippen molar-refractivity contribution >= 4 is 0 Å². The Morgan fingerprint density at radius 1 is 1.14 bits per heavy atom. The molecule has 1 aromatic rings. The van der Waals surface area contributed by atoms with Gasteiger partial charge in [-0.25, -0.2) is 4.98 Å². The van der Waals surface area contributed by atoms with Gasteiger partial charge in [-0.05, 0) is 24.2 Å². The number of hydrogen-bond donors (Lipinski definition) is 1. The molecule has 0 aliphatic carbocycles. The number of imidazole rings is 1. The molecule has 22 heavy (non-hydrogen) atoms. The van der Waals surface area contributed by atoms with Crippen LogP contribution in [-0.2, 0) is 5.41 Å². The van der Waals surface area contributed by atoms with Gasteiger partial charge in [-0.3, -0.25) is 0 Å². The average molecular weight is 307 g/mol. The van der Waals surface area contributed by atoms with Crippen LogP contribution in [0.3, 0.4) is 0 Å². The van der Waals surface area contributed by atoms with Crippen LogP contribution in [0.2, 0.25) is 0 Å². The van der Waals surface area contributed by atoms with Gasteiger partial charge in [0.1, 0.15) is 5.82 Å². The first-order valence-electron chi connectivity index (χ1n) is 9.31. The molecule has 2 nitrogen and oxygen atoms in total. The van der Waals surface area contributed by atoms with Crippen LogP contribution in [0, 0.1) is 17.8 Å².